The number of aromatic nitrogens is 2. The first kappa shape index (κ1) is 13.6. The summed E-state index contributed by atoms with van der Waals surface area (Å²) in [7, 11) is 0. The molecule has 4 nitrogen and oxygen atoms in total. The van der Waals surface area contributed by atoms with Crippen molar-refractivity contribution >= 4 is 23.3 Å². The predicted octanol–water partition coefficient (Wildman–Crippen LogP) is 3.05. The molecule has 0 atom stereocenters. The van der Waals surface area contributed by atoms with Crippen LogP contribution in [-0.4, -0.2) is 15.7 Å². The minimum atomic E-state index is -0.0584. The first-order valence-electron chi connectivity index (χ1n) is 6.17. The molecular weight excluding hydrogens is 262 g/mol. The highest BCUT2D eigenvalue weighted by Crippen LogP contribution is 2.13. The lowest BCUT2D eigenvalue weighted by atomic mass is 10.1. The summed E-state index contributed by atoms with van der Waals surface area (Å²) in [5.74, 6) is 0.677. The van der Waals surface area contributed by atoms with E-state index in [1.54, 1.807) is 16.8 Å². The average molecular weight is 278 g/mol. The van der Waals surface area contributed by atoms with Crippen LogP contribution in [0.2, 0.25) is 5.02 Å². The Morgan fingerprint density at radius 2 is 2.05 bits per heavy atom. The van der Waals surface area contributed by atoms with Crippen LogP contribution in [0.1, 0.15) is 18.2 Å². The maximum Gasteiger partial charge on any atom is 0.229 e. The van der Waals surface area contributed by atoms with Gasteiger partial charge in [-0.05, 0) is 31.5 Å². The molecule has 0 radical (unpaired) electrons. The number of amides is 1. The largest absolute Gasteiger partial charge is 0.311 e. The van der Waals surface area contributed by atoms with E-state index >= 15 is 0 Å². The number of nitrogens with one attached hydrogen (secondary N) is 1. The van der Waals surface area contributed by atoms with Gasteiger partial charge in [-0.3, -0.25) is 4.79 Å². The van der Waals surface area contributed by atoms with Crippen molar-refractivity contribution in [3.05, 3.63) is 46.6 Å². The Bertz CT molecular complexity index is 575. The Kier molecular flexibility index (Phi) is 4.22. The standard InChI is InChI=1S/C14H16ClN3O/c1-3-18-13(8-10(2)17-18)16-14(19)9-11-4-6-12(15)7-5-11/h4-8H,3,9H2,1-2H3,(H,16,19). The third kappa shape index (κ3) is 3.58. The zero-order valence-electron chi connectivity index (χ0n) is 11.0. The first-order valence-corrected chi connectivity index (χ1v) is 6.55. The normalized spacial score (nSPS) is 10.5. The molecule has 0 saturated heterocycles. The summed E-state index contributed by atoms with van der Waals surface area (Å²) in [5, 5.41) is 7.83. The molecular formula is C14H16ClN3O. The fourth-order valence-corrected chi connectivity index (χ4v) is 1.99. The van der Waals surface area contributed by atoms with E-state index in [9.17, 15) is 4.79 Å². The zero-order chi connectivity index (χ0) is 13.8. The number of halogens is 1. The maximum atomic E-state index is 12.0. The van der Waals surface area contributed by atoms with Gasteiger partial charge in [0.25, 0.3) is 0 Å². The van der Waals surface area contributed by atoms with Gasteiger partial charge < -0.3 is 5.32 Å². The first-order chi connectivity index (χ1) is 9.08. The molecule has 1 heterocycles. The molecule has 0 spiro atoms. The zero-order valence-corrected chi connectivity index (χ0v) is 11.7. The average Bonchev–Trinajstić information content (AvgIpc) is 2.72. The molecule has 0 aliphatic heterocycles. The number of anilines is 1. The molecule has 0 fully saturated rings. The van der Waals surface area contributed by atoms with Crippen LogP contribution in [0.15, 0.2) is 30.3 Å². The van der Waals surface area contributed by atoms with Crippen molar-refractivity contribution < 1.29 is 4.79 Å². The van der Waals surface area contributed by atoms with Crippen LogP contribution in [0.3, 0.4) is 0 Å². The second kappa shape index (κ2) is 5.89. The number of hydrogen-bond acceptors (Lipinski definition) is 2. The van der Waals surface area contributed by atoms with Crippen molar-refractivity contribution in [1.82, 2.24) is 9.78 Å². The van der Waals surface area contributed by atoms with Crippen LogP contribution in [0.5, 0.6) is 0 Å². The minimum absolute atomic E-state index is 0.0584. The molecule has 1 aromatic heterocycles. The fourth-order valence-electron chi connectivity index (χ4n) is 1.86. The van der Waals surface area contributed by atoms with Crippen LogP contribution in [0.4, 0.5) is 5.82 Å². The Morgan fingerprint density at radius 3 is 2.68 bits per heavy atom. The topological polar surface area (TPSA) is 46.9 Å². The van der Waals surface area contributed by atoms with Crippen molar-refractivity contribution in [2.75, 3.05) is 5.32 Å². The van der Waals surface area contributed by atoms with Gasteiger partial charge in [-0.15, -0.1) is 0 Å². The van der Waals surface area contributed by atoms with Gasteiger partial charge in [0.15, 0.2) is 0 Å². The molecule has 19 heavy (non-hydrogen) atoms. The number of rotatable bonds is 4. The van der Waals surface area contributed by atoms with Crippen LogP contribution in [0.25, 0.3) is 0 Å². The van der Waals surface area contributed by atoms with Crippen molar-refractivity contribution in [3.8, 4) is 0 Å². The highest BCUT2D eigenvalue weighted by Gasteiger charge is 2.09. The molecule has 2 rings (SSSR count). The Labute approximate surface area is 117 Å². The minimum Gasteiger partial charge on any atom is -0.311 e. The third-order valence-corrected chi connectivity index (χ3v) is 3.00. The van der Waals surface area contributed by atoms with Crippen molar-refractivity contribution in [1.29, 1.82) is 0 Å². The Morgan fingerprint density at radius 1 is 1.37 bits per heavy atom. The molecule has 0 saturated carbocycles. The lowest BCUT2D eigenvalue weighted by Gasteiger charge is -2.07. The molecule has 1 N–H and O–H groups in total. The molecule has 1 aromatic carbocycles. The van der Waals surface area contributed by atoms with Crippen molar-refractivity contribution in [2.45, 2.75) is 26.8 Å². The lowest BCUT2D eigenvalue weighted by molar-refractivity contribution is -0.115. The summed E-state index contributed by atoms with van der Waals surface area (Å²) < 4.78 is 1.77. The van der Waals surface area contributed by atoms with Gasteiger partial charge in [0.05, 0.1) is 12.1 Å². The molecule has 0 aliphatic rings. The number of benzene rings is 1. The van der Waals surface area contributed by atoms with Gasteiger partial charge in [-0.25, -0.2) is 4.68 Å². The second-order valence-corrected chi connectivity index (χ2v) is 4.77. The van der Waals surface area contributed by atoms with E-state index in [0.717, 1.165) is 23.6 Å². The Hall–Kier alpha value is -1.81. The number of carbonyl (C=O) groups is 1. The number of nitrogens with zero attached hydrogens (tertiary/aromatic N) is 2. The van der Waals surface area contributed by atoms with Crippen LogP contribution < -0.4 is 5.32 Å². The molecule has 1 amide bonds. The molecule has 100 valence electrons. The lowest BCUT2D eigenvalue weighted by Crippen LogP contribution is -2.17. The van der Waals surface area contributed by atoms with Crippen LogP contribution >= 0.6 is 11.6 Å². The highest BCUT2D eigenvalue weighted by atomic mass is 35.5. The quantitative estimate of drug-likeness (QED) is 0.934. The molecule has 2 aromatic rings. The van der Waals surface area contributed by atoms with E-state index in [1.807, 2.05) is 32.0 Å². The van der Waals surface area contributed by atoms with Crippen LogP contribution in [-0.2, 0) is 17.8 Å². The van der Waals surface area contributed by atoms with Gasteiger partial charge in [0.2, 0.25) is 5.91 Å². The van der Waals surface area contributed by atoms with Gasteiger partial charge >= 0.3 is 0 Å². The summed E-state index contributed by atoms with van der Waals surface area (Å²) in [6.07, 6.45) is 0.325. The highest BCUT2D eigenvalue weighted by molar-refractivity contribution is 6.30. The number of aryl methyl sites for hydroxylation is 2. The summed E-state index contributed by atoms with van der Waals surface area (Å²) >= 11 is 5.81. The fraction of sp³-hybridized carbons (Fsp3) is 0.286. The molecule has 5 heteroatoms. The van der Waals surface area contributed by atoms with Crippen molar-refractivity contribution in [3.63, 3.8) is 0 Å². The summed E-state index contributed by atoms with van der Waals surface area (Å²) in [5.41, 5.74) is 1.82. The number of carbonyl (C=O) groups excluding carboxylic acids is 1. The van der Waals surface area contributed by atoms with Crippen LogP contribution in [0, 0.1) is 6.92 Å². The van der Waals surface area contributed by atoms with E-state index in [4.69, 9.17) is 11.6 Å². The Balaban J connectivity index is 2.03. The van der Waals surface area contributed by atoms with E-state index < -0.39 is 0 Å². The van der Waals surface area contributed by atoms with E-state index in [0.29, 0.717) is 11.4 Å². The van der Waals surface area contributed by atoms with Gasteiger partial charge in [-0.1, -0.05) is 23.7 Å². The molecule has 0 unspecified atom stereocenters. The SMILES string of the molecule is CCn1nc(C)cc1NC(=O)Cc1ccc(Cl)cc1. The van der Waals surface area contributed by atoms with Crippen molar-refractivity contribution in [2.24, 2.45) is 0 Å². The predicted molar refractivity (Wildman–Crippen MR) is 76.4 cm³/mol. The summed E-state index contributed by atoms with van der Waals surface area (Å²) in [6, 6.07) is 9.13. The van der Waals surface area contributed by atoms with E-state index in [1.165, 1.54) is 0 Å². The summed E-state index contributed by atoms with van der Waals surface area (Å²) in [4.78, 5) is 12.0. The summed E-state index contributed by atoms with van der Waals surface area (Å²) in [6.45, 7) is 4.62. The monoisotopic (exact) mass is 277 g/mol. The maximum absolute atomic E-state index is 12.0. The second-order valence-electron chi connectivity index (χ2n) is 4.34. The van der Waals surface area contributed by atoms with E-state index in [2.05, 4.69) is 10.4 Å². The smallest absolute Gasteiger partial charge is 0.229 e. The van der Waals surface area contributed by atoms with Gasteiger partial charge in [0.1, 0.15) is 5.82 Å². The van der Waals surface area contributed by atoms with Gasteiger partial charge in [0, 0.05) is 17.6 Å². The van der Waals surface area contributed by atoms with Gasteiger partial charge in [-0.2, -0.15) is 5.10 Å². The molecule has 0 bridgehead atoms. The van der Waals surface area contributed by atoms with E-state index in [-0.39, 0.29) is 5.91 Å². The number of hydrogen-bond donors (Lipinski definition) is 1. The third-order valence-electron chi connectivity index (χ3n) is 2.75. The molecule has 0 aliphatic carbocycles.